The number of aromatic nitrogens is 2. The molecule has 6 N–H and O–H groups in total. The number of nitriles is 1. The predicted octanol–water partition coefficient (Wildman–Crippen LogP) is 9.75. The number of anilines is 4. The fraction of sp³-hybridized carbons (Fsp3) is 0.0250. The molecule has 19 nitrogen and oxygen atoms in total. The number of nitrogens with one attached hydrogen (secondary N) is 2. The Balaban J connectivity index is 1.33. The van der Waals surface area contributed by atoms with Gasteiger partial charge in [-0.05, 0) is 90.5 Å². The lowest BCUT2D eigenvalue weighted by molar-refractivity contribution is 0.0696. The second-order valence-corrected chi connectivity index (χ2v) is 16.8. The van der Waals surface area contributed by atoms with Crippen molar-refractivity contribution in [1.29, 1.82) is 5.26 Å². The van der Waals surface area contributed by atoms with Crippen LogP contribution in [0.1, 0.15) is 31.8 Å². The quantitative estimate of drug-likeness (QED) is 0.0463. The number of nitrogens with zero attached hydrogens (tertiary/aromatic N) is 7. The largest absolute Gasteiger partial charge is 0.478 e. The maximum Gasteiger partial charge on any atom is 0.335 e. The summed E-state index contributed by atoms with van der Waals surface area (Å²) in [5.74, 6) is -2.74. The SMILES string of the molecule is Cc1c(C#N)c(Nc2ccc(S(=O)(=O)O)cc2)nc(Nc2ccc(S(=O)(=O)O)cc2)c1N=Nc1nc(-c2ccc3ccccc3c2)c(N=Nc2cc(C(=O)O)cc(C(=O)O)c2)s1. The van der Waals surface area contributed by atoms with Crippen molar-refractivity contribution in [2.24, 2.45) is 20.5 Å². The fourth-order valence-corrected chi connectivity index (χ4v) is 7.57. The van der Waals surface area contributed by atoms with Crippen molar-refractivity contribution in [1.82, 2.24) is 9.97 Å². The van der Waals surface area contributed by atoms with Gasteiger partial charge in [-0.2, -0.15) is 22.1 Å². The van der Waals surface area contributed by atoms with Crippen molar-refractivity contribution in [2.45, 2.75) is 16.7 Å². The van der Waals surface area contributed by atoms with Gasteiger partial charge in [-0.15, -0.1) is 20.5 Å². The minimum absolute atomic E-state index is 0.000111. The van der Waals surface area contributed by atoms with Crippen LogP contribution in [0, 0.1) is 18.3 Å². The molecule has 0 atom stereocenters. The Morgan fingerprint density at radius 3 is 1.79 bits per heavy atom. The van der Waals surface area contributed by atoms with Crippen LogP contribution in [0.5, 0.6) is 0 Å². The summed E-state index contributed by atoms with van der Waals surface area (Å²) in [6.07, 6.45) is 0. The van der Waals surface area contributed by atoms with Crippen LogP contribution in [0.25, 0.3) is 22.0 Å². The van der Waals surface area contributed by atoms with E-state index < -0.39 is 32.2 Å². The summed E-state index contributed by atoms with van der Waals surface area (Å²) in [5.41, 5.74) is 1.06. The van der Waals surface area contributed by atoms with Crippen LogP contribution in [0.3, 0.4) is 0 Å². The maximum atomic E-state index is 11.7. The Morgan fingerprint density at radius 2 is 1.24 bits per heavy atom. The number of pyridine rings is 1. The van der Waals surface area contributed by atoms with E-state index in [1.807, 2.05) is 36.4 Å². The summed E-state index contributed by atoms with van der Waals surface area (Å²) < 4.78 is 65.5. The van der Waals surface area contributed by atoms with Crippen LogP contribution in [-0.2, 0) is 20.2 Å². The molecule has 0 amide bonds. The van der Waals surface area contributed by atoms with E-state index >= 15 is 0 Å². The van der Waals surface area contributed by atoms with Gasteiger partial charge in [0.15, 0.2) is 16.6 Å². The van der Waals surface area contributed by atoms with Crippen LogP contribution in [0.4, 0.5) is 44.5 Å². The van der Waals surface area contributed by atoms with E-state index in [9.17, 15) is 51.0 Å². The minimum Gasteiger partial charge on any atom is -0.478 e. The Bertz CT molecular complexity index is 3240. The molecule has 7 aromatic rings. The van der Waals surface area contributed by atoms with Gasteiger partial charge in [-0.3, -0.25) is 9.11 Å². The molecule has 0 aliphatic heterocycles. The highest BCUT2D eigenvalue weighted by atomic mass is 32.2. The molecule has 0 radical (unpaired) electrons. The number of benzene rings is 5. The fourth-order valence-electron chi connectivity index (χ4n) is 5.87. The van der Waals surface area contributed by atoms with E-state index in [-0.39, 0.29) is 70.9 Å². The number of fused-ring (bicyclic) bond motifs is 1. The van der Waals surface area contributed by atoms with Crippen molar-refractivity contribution in [3.8, 4) is 17.3 Å². The zero-order valence-corrected chi connectivity index (χ0v) is 33.9. The third kappa shape index (κ3) is 9.47. The number of hydrogen-bond donors (Lipinski definition) is 6. The van der Waals surface area contributed by atoms with Crippen molar-refractivity contribution in [3.63, 3.8) is 0 Å². The van der Waals surface area contributed by atoms with Gasteiger partial charge in [-0.25, -0.2) is 19.6 Å². The molecule has 310 valence electrons. The highest BCUT2D eigenvalue weighted by molar-refractivity contribution is 7.86. The highest BCUT2D eigenvalue weighted by Crippen LogP contribution is 2.43. The molecule has 0 saturated heterocycles. The number of aromatic carboxylic acids is 2. The summed E-state index contributed by atoms with van der Waals surface area (Å²) in [6.45, 7) is 1.56. The number of carboxylic acids is 2. The first-order valence-corrected chi connectivity index (χ1v) is 21.3. The molecule has 0 spiro atoms. The van der Waals surface area contributed by atoms with Crippen LogP contribution >= 0.6 is 11.3 Å². The molecule has 0 fully saturated rings. The van der Waals surface area contributed by atoms with Gasteiger partial charge in [-0.1, -0.05) is 47.7 Å². The summed E-state index contributed by atoms with van der Waals surface area (Å²) in [5, 5.41) is 54.8. The van der Waals surface area contributed by atoms with Gasteiger partial charge in [0, 0.05) is 22.5 Å². The van der Waals surface area contributed by atoms with Gasteiger partial charge < -0.3 is 20.8 Å². The molecule has 7 rings (SSSR count). The molecule has 0 unspecified atom stereocenters. The molecule has 5 aromatic carbocycles. The van der Waals surface area contributed by atoms with E-state index in [2.05, 4.69) is 47.1 Å². The zero-order chi connectivity index (χ0) is 44.3. The van der Waals surface area contributed by atoms with Crippen LogP contribution in [0.15, 0.2) is 139 Å². The van der Waals surface area contributed by atoms with Gasteiger partial charge in [0.2, 0.25) is 5.13 Å². The average molecular weight is 890 g/mol. The minimum atomic E-state index is -4.52. The lowest BCUT2D eigenvalue weighted by Gasteiger charge is -2.16. The molecule has 0 aliphatic carbocycles. The Kier molecular flexibility index (Phi) is 11.6. The van der Waals surface area contributed by atoms with Crippen LogP contribution in [0.2, 0.25) is 0 Å². The summed E-state index contributed by atoms with van der Waals surface area (Å²) in [6, 6.07) is 28.5. The molecule has 62 heavy (non-hydrogen) atoms. The van der Waals surface area contributed by atoms with Gasteiger partial charge in [0.25, 0.3) is 20.2 Å². The second-order valence-electron chi connectivity index (χ2n) is 13.0. The van der Waals surface area contributed by atoms with Crippen molar-refractivity contribution in [2.75, 3.05) is 10.6 Å². The highest BCUT2D eigenvalue weighted by Gasteiger charge is 2.21. The number of thiazole rings is 1. The summed E-state index contributed by atoms with van der Waals surface area (Å²) in [4.78, 5) is 32.0. The van der Waals surface area contributed by atoms with E-state index in [0.29, 0.717) is 16.9 Å². The number of rotatable bonds is 13. The second kappa shape index (κ2) is 17.0. The molecular formula is C40H27N9O10S3. The zero-order valence-electron chi connectivity index (χ0n) is 31.5. The maximum absolute atomic E-state index is 11.7. The summed E-state index contributed by atoms with van der Waals surface area (Å²) in [7, 11) is -9.00. The molecule has 2 aromatic heterocycles. The normalized spacial score (nSPS) is 11.8. The Morgan fingerprint density at radius 1 is 0.677 bits per heavy atom. The molecule has 0 bridgehead atoms. The number of carbonyl (C=O) groups is 2. The molecular weight excluding hydrogens is 863 g/mol. The molecule has 0 aliphatic rings. The number of carboxylic acid groups (broad SMARTS) is 2. The molecule has 2 heterocycles. The van der Waals surface area contributed by atoms with Crippen molar-refractivity contribution in [3.05, 3.63) is 131 Å². The van der Waals surface area contributed by atoms with E-state index in [0.717, 1.165) is 64.6 Å². The van der Waals surface area contributed by atoms with Gasteiger partial charge in [0.1, 0.15) is 17.5 Å². The van der Waals surface area contributed by atoms with Crippen LogP contribution < -0.4 is 10.6 Å². The number of azo groups is 2. The monoisotopic (exact) mass is 889 g/mol. The average Bonchev–Trinajstić information content (AvgIpc) is 3.65. The first-order chi connectivity index (χ1) is 29.5. The van der Waals surface area contributed by atoms with Crippen LogP contribution in [-0.4, -0.2) is 58.1 Å². The lowest BCUT2D eigenvalue weighted by atomic mass is 10.1. The Labute approximate surface area is 354 Å². The predicted molar refractivity (Wildman–Crippen MR) is 227 cm³/mol. The third-order valence-electron chi connectivity index (χ3n) is 8.88. The molecule has 22 heteroatoms. The van der Waals surface area contributed by atoms with Crippen molar-refractivity contribution < 1.29 is 45.7 Å². The third-order valence-corrected chi connectivity index (χ3v) is 11.4. The van der Waals surface area contributed by atoms with Crippen molar-refractivity contribution >= 4 is 98.8 Å². The lowest BCUT2D eigenvalue weighted by Crippen LogP contribution is -2.05. The standard InChI is InChI=1S/C40H27N9O10S3/c1-21-32(20-41)35(42-27-8-12-30(13-9-27)61(54,55)56)45-36(43-28-10-14-31(15-11-28)62(57,58)59)33(21)47-49-40-44-34(24-7-6-22-4-2-3-5-23(22)16-24)37(60-40)48-46-29-18-25(38(50)51)17-26(19-29)39(52)53/h2-19H,1H3,(H,50,51)(H,52,53)(H2,42,43,45)(H,54,55,56)(H,57,58,59). The Hall–Kier alpha value is -7.81. The smallest absolute Gasteiger partial charge is 0.335 e. The molecule has 0 saturated carbocycles. The summed E-state index contributed by atoms with van der Waals surface area (Å²) >= 11 is 0.933. The van der Waals surface area contributed by atoms with E-state index in [1.165, 1.54) is 24.3 Å². The topological polar surface area (TPSA) is 306 Å². The van der Waals surface area contributed by atoms with Gasteiger partial charge >= 0.3 is 11.9 Å². The van der Waals surface area contributed by atoms with Gasteiger partial charge in [0.05, 0.1) is 32.2 Å². The first kappa shape index (κ1) is 42.3. The number of hydrogen-bond acceptors (Lipinski definition) is 16. The first-order valence-electron chi connectivity index (χ1n) is 17.6. The van der Waals surface area contributed by atoms with E-state index in [4.69, 9.17) is 0 Å². The van der Waals surface area contributed by atoms with E-state index in [1.54, 1.807) is 13.0 Å².